The second-order valence-electron chi connectivity index (χ2n) is 9.93. The zero-order chi connectivity index (χ0) is 25.6. The number of nitrogens with one attached hydrogen (secondary N) is 5. The smallest absolute Gasteiger partial charge is 0.323 e. The van der Waals surface area contributed by atoms with Gasteiger partial charge in [-0.05, 0) is 86.6 Å². The van der Waals surface area contributed by atoms with Gasteiger partial charge in [0.1, 0.15) is 11.8 Å². The maximum atomic E-state index is 12.4. The van der Waals surface area contributed by atoms with E-state index in [4.69, 9.17) is 4.74 Å². The zero-order valence-corrected chi connectivity index (χ0v) is 20.8. The number of benzene rings is 2. The minimum Gasteiger partial charge on any atom is -0.490 e. The van der Waals surface area contributed by atoms with Crippen LogP contribution in [0.3, 0.4) is 0 Å². The van der Waals surface area contributed by atoms with Crippen molar-refractivity contribution in [2.24, 2.45) is 5.92 Å². The Bertz CT molecular complexity index is 1100. The Hall–Kier alpha value is -3.95. The highest BCUT2D eigenvalue weighted by atomic mass is 16.5. The first-order valence-corrected chi connectivity index (χ1v) is 13.0. The molecule has 37 heavy (non-hydrogen) atoms. The van der Waals surface area contributed by atoms with E-state index in [1.165, 1.54) is 12.8 Å². The van der Waals surface area contributed by atoms with Crippen LogP contribution in [0.15, 0.2) is 48.5 Å². The number of urea groups is 2. The highest BCUT2D eigenvalue weighted by Gasteiger charge is 2.28. The maximum absolute atomic E-state index is 12.4. The topological polar surface area (TPSA) is 124 Å². The van der Waals surface area contributed by atoms with Gasteiger partial charge in [0.05, 0.1) is 6.10 Å². The van der Waals surface area contributed by atoms with Crippen molar-refractivity contribution >= 4 is 35.0 Å². The first-order chi connectivity index (χ1) is 18.0. The Morgan fingerprint density at radius 2 is 1.62 bits per heavy atom. The third-order valence-corrected chi connectivity index (χ3v) is 7.15. The first-order valence-electron chi connectivity index (χ1n) is 13.0. The standard InChI is InChI=1S/C27H34N6O4/c34-25(24-16-29-26(35)32-24)28-15-18-13-14-33(17-18)21-9-5-19(6-10-21)30-27(36)31-20-7-11-23(12-8-20)37-22-3-1-2-4-22/h5-12,18,22,24H,1-4,13-17H2,(H,28,34)(H2,29,32,35)(H2,30,31,36). The van der Waals surface area contributed by atoms with Crippen LogP contribution in [0.5, 0.6) is 5.75 Å². The molecule has 2 saturated heterocycles. The fourth-order valence-electron chi connectivity index (χ4n) is 5.08. The molecular weight excluding hydrogens is 472 g/mol. The van der Waals surface area contributed by atoms with E-state index in [0.29, 0.717) is 36.5 Å². The van der Waals surface area contributed by atoms with E-state index in [0.717, 1.165) is 43.8 Å². The predicted molar refractivity (Wildman–Crippen MR) is 142 cm³/mol. The maximum Gasteiger partial charge on any atom is 0.323 e. The van der Waals surface area contributed by atoms with Gasteiger partial charge in [-0.25, -0.2) is 9.59 Å². The van der Waals surface area contributed by atoms with Gasteiger partial charge in [0.2, 0.25) is 5.91 Å². The lowest BCUT2D eigenvalue weighted by Gasteiger charge is -2.20. The van der Waals surface area contributed by atoms with Crippen LogP contribution in [0.4, 0.5) is 26.7 Å². The van der Waals surface area contributed by atoms with Gasteiger partial charge in [-0.15, -0.1) is 0 Å². The Balaban J connectivity index is 1.04. The molecule has 2 heterocycles. The highest BCUT2D eigenvalue weighted by Crippen LogP contribution is 2.26. The van der Waals surface area contributed by atoms with E-state index < -0.39 is 6.04 Å². The summed E-state index contributed by atoms with van der Waals surface area (Å²) in [7, 11) is 0. The van der Waals surface area contributed by atoms with Gasteiger partial charge in [-0.3, -0.25) is 4.79 Å². The summed E-state index contributed by atoms with van der Waals surface area (Å²) < 4.78 is 5.97. The Morgan fingerprint density at radius 3 is 2.27 bits per heavy atom. The molecule has 1 aliphatic carbocycles. The van der Waals surface area contributed by atoms with Crippen LogP contribution < -0.4 is 36.2 Å². The van der Waals surface area contributed by atoms with E-state index >= 15 is 0 Å². The van der Waals surface area contributed by atoms with Crippen LogP contribution in [0, 0.1) is 5.92 Å². The quantitative estimate of drug-likeness (QED) is 0.376. The van der Waals surface area contributed by atoms with Gasteiger partial charge in [0.15, 0.2) is 0 Å². The van der Waals surface area contributed by atoms with Gasteiger partial charge in [-0.1, -0.05) is 0 Å². The van der Waals surface area contributed by atoms with Crippen LogP contribution >= 0.6 is 0 Å². The molecule has 10 nitrogen and oxygen atoms in total. The predicted octanol–water partition coefficient (Wildman–Crippen LogP) is 3.28. The molecular formula is C27H34N6O4. The number of carbonyl (C=O) groups excluding carboxylic acids is 3. The number of hydrogen-bond donors (Lipinski definition) is 5. The van der Waals surface area contributed by atoms with Crippen molar-refractivity contribution in [2.45, 2.75) is 44.2 Å². The van der Waals surface area contributed by atoms with Crippen molar-refractivity contribution in [3.63, 3.8) is 0 Å². The molecule has 0 aromatic heterocycles. The lowest BCUT2D eigenvalue weighted by Crippen LogP contribution is -2.44. The molecule has 3 fully saturated rings. The molecule has 2 aromatic carbocycles. The molecule has 196 valence electrons. The summed E-state index contributed by atoms with van der Waals surface area (Å²) in [6.45, 7) is 2.63. The fraction of sp³-hybridized carbons (Fsp3) is 0.444. The molecule has 5 amide bonds. The van der Waals surface area contributed by atoms with Crippen LogP contribution in [0.1, 0.15) is 32.1 Å². The van der Waals surface area contributed by atoms with Gasteiger partial charge >= 0.3 is 12.1 Å². The van der Waals surface area contributed by atoms with Gasteiger partial charge in [0.25, 0.3) is 0 Å². The minimum absolute atomic E-state index is 0.154. The molecule has 0 radical (unpaired) electrons. The van der Waals surface area contributed by atoms with Gasteiger partial charge in [0, 0.05) is 43.2 Å². The number of carbonyl (C=O) groups is 3. The summed E-state index contributed by atoms with van der Waals surface area (Å²) >= 11 is 0. The van der Waals surface area contributed by atoms with E-state index in [2.05, 4.69) is 31.5 Å². The Morgan fingerprint density at radius 1 is 0.946 bits per heavy atom. The zero-order valence-electron chi connectivity index (χ0n) is 20.8. The molecule has 0 bridgehead atoms. The van der Waals surface area contributed by atoms with Gasteiger partial charge in [-0.2, -0.15) is 0 Å². The van der Waals surface area contributed by atoms with Crippen molar-refractivity contribution in [1.29, 1.82) is 0 Å². The molecule has 10 heteroatoms. The average Bonchev–Trinajstić information content (AvgIpc) is 3.67. The molecule has 2 aliphatic heterocycles. The first kappa shape index (κ1) is 24.7. The number of ether oxygens (including phenoxy) is 1. The summed E-state index contributed by atoms with van der Waals surface area (Å²) in [5, 5.41) is 13.9. The molecule has 2 aromatic rings. The fourth-order valence-corrected chi connectivity index (χ4v) is 5.08. The van der Waals surface area contributed by atoms with Crippen LogP contribution in [-0.4, -0.2) is 56.3 Å². The lowest BCUT2D eigenvalue weighted by atomic mass is 10.1. The summed E-state index contributed by atoms with van der Waals surface area (Å²) in [4.78, 5) is 38.1. The van der Waals surface area contributed by atoms with Crippen molar-refractivity contribution < 1.29 is 19.1 Å². The third-order valence-electron chi connectivity index (χ3n) is 7.15. The average molecular weight is 507 g/mol. The number of amides is 5. The second kappa shape index (κ2) is 11.4. The Labute approximate surface area is 216 Å². The molecule has 1 saturated carbocycles. The number of anilines is 3. The number of nitrogens with zero attached hydrogens (tertiary/aromatic N) is 1. The SMILES string of the molecule is O=C(Nc1ccc(OC2CCCC2)cc1)Nc1ccc(N2CCC(CNC(=O)C3CNC(=O)N3)C2)cc1. The second-order valence-corrected chi connectivity index (χ2v) is 9.93. The largest absolute Gasteiger partial charge is 0.490 e. The van der Waals surface area contributed by atoms with Crippen LogP contribution in [-0.2, 0) is 4.79 Å². The van der Waals surface area contributed by atoms with Crippen LogP contribution in [0.25, 0.3) is 0 Å². The van der Waals surface area contributed by atoms with E-state index in [1.54, 1.807) is 0 Å². The monoisotopic (exact) mass is 506 g/mol. The third kappa shape index (κ3) is 6.63. The lowest BCUT2D eigenvalue weighted by molar-refractivity contribution is -0.122. The van der Waals surface area contributed by atoms with E-state index in [9.17, 15) is 14.4 Å². The molecule has 2 atom stereocenters. The number of rotatable bonds is 8. The van der Waals surface area contributed by atoms with Crippen molar-refractivity contribution in [3.8, 4) is 5.75 Å². The summed E-state index contributed by atoms with van der Waals surface area (Å²) in [6.07, 6.45) is 5.96. The van der Waals surface area contributed by atoms with Crippen molar-refractivity contribution in [1.82, 2.24) is 16.0 Å². The minimum atomic E-state index is -0.503. The number of hydrogen-bond acceptors (Lipinski definition) is 5. The summed E-state index contributed by atoms with van der Waals surface area (Å²) in [6, 6.07) is 14.1. The molecule has 0 spiro atoms. The Kier molecular flexibility index (Phi) is 7.62. The van der Waals surface area contributed by atoms with E-state index in [-0.39, 0.29) is 18.0 Å². The van der Waals surface area contributed by atoms with E-state index in [1.807, 2.05) is 48.5 Å². The molecule has 3 aliphatic rings. The van der Waals surface area contributed by atoms with Crippen LogP contribution in [0.2, 0.25) is 0 Å². The van der Waals surface area contributed by atoms with Crippen molar-refractivity contribution in [3.05, 3.63) is 48.5 Å². The summed E-state index contributed by atoms with van der Waals surface area (Å²) in [5.41, 5.74) is 2.48. The highest BCUT2D eigenvalue weighted by molar-refractivity contribution is 5.99. The normalized spacial score (nSPS) is 21.3. The molecule has 5 N–H and O–H groups in total. The van der Waals surface area contributed by atoms with Crippen molar-refractivity contribution in [2.75, 3.05) is 41.7 Å². The molecule has 5 rings (SSSR count). The van der Waals surface area contributed by atoms with Gasteiger partial charge < -0.3 is 36.2 Å². The molecule has 2 unspecified atom stereocenters. The summed E-state index contributed by atoms with van der Waals surface area (Å²) in [5.74, 6) is 1.02.